The Kier molecular flexibility index (Phi) is 8.62. The van der Waals surface area contributed by atoms with Gasteiger partial charge in [0.2, 0.25) is 5.75 Å². The average Bonchev–Trinajstić information content (AvgIpc) is 2.81. The van der Waals surface area contributed by atoms with E-state index in [-0.39, 0.29) is 47.4 Å². The third kappa shape index (κ3) is 5.80. The zero-order valence-electron chi connectivity index (χ0n) is 18.8. The van der Waals surface area contributed by atoms with Gasteiger partial charge < -0.3 is 44.5 Å². The maximum Gasteiger partial charge on any atom is 0.200 e. The van der Waals surface area contributed by atoms with Crippen LogP contribution in [0.1, 0.15) is 36.5 Å². The number of aliphatic hydroxyl groups excluding tert-OH is 3. The molecule has 1 saturated heterocycles. The molecule has 1 aliphatic rings. The fourth-order valence-electron chi connectivity index (χ4n) is 4.32. The second-order valence-electron chi connectivity index (χ2n) is 8.05. The van der Waals surface area contributed by atoms with Crippen molar-refractivity contribution in [3.8, 4) is 28.7 Å². The molecule has 2 aromatic rings. The molecular weight excluding hydrogens is 432 g/mol. The first-order chi connectivity index (χ1) is 15.9. The molecule has 0 bridgehead atoms. The Bertz CT molecular complexity index is 892. The van der Waals surface area contributed by atoms with Gasteiger partial charge in [0.25, 0.3) is 0 Å². The molecule has 0 radical (unpaired) electrons. The standard InChI is InChI=1S/C24H32O9/c1-30-21-10-15(11-22(31-2)23(21)29)24-17(7-8-25)19(28)12-16(33-24)5-3-14-4-6-18(27)20(9-14)32-13-26/h4,6,9-11,16-17,19,24-29H,3,5,7-8,12-13H2,1-2H3/t16-,17-,19-,24+/m0/s1. The van der Waals surface area contributed by atoms with Gasteiger partial charge in [-0.05, 0) is 61.1 Å². The van der Waals surface area contributed by atoms with Gasteiger partial charge in [-0.2, -0.15) is 0 Å². The Morgan fingerprint density at radius 1 is 0.970 bits per heavy atom. The van der Waals surface area contributed by atoms with E-state index in [2.05, 4.69) is 0 Å². The summed E-state index contributed by atoms with van der Waals surface area (Å²) in [6.07, 6.45) is 0.438. The third-order valence-corrected chi connectivity index (χ3v) is 6.02. The van der Waals surface area contributed by atoms with Crippen molar-refractivity contribution in [2.24, 2.45) is 5.92 Å². The van der Waals surface area contributed by atoms with Crippen molar-refractivity contribution in [1.82, 2.24) is 0 Å². The third-order valence-electron chi connectivity index (χ3n) is 6.02. The van der Waals surface area contributed by atoms with Gasteiger partial charge in [0.05, 0.1) is 32.5 Å². The number of hydrogen-bond acceptors (Lipinski definition) is 9. The van der Waals surface area contributed by atoms with Gasteiger partial charge in [-0.15, -0.1) is 0 Å². The molecule has 0 saturated carbocycles. The first-order valence-corrected chi connectivity index (χ1v) is 10.9. The molecule has 2 aromatic carbocycles. The first-order valence-electron chi connectivity index (χ1n) is 10.9. The number of rotatable bonds is 10. The number of aromatic hydroxyl groups is 2. The number of methoxy groups -OCH3 is 2. The van der Waals surface area contributed by atoms with E-state index in [9.17, 15) is 20.4 Å². The highest BCUT2D eigenvalue weighted by Crippen LogP contribution is 2.45. The first kappa shape index (κ1) is 24.9. The van der Waals surface area contributed by atoms with Crippen molar-refractivity contribution >= 4 is 0 Å². The largest absolute Gasteiger partial charge is 0.504 e. The molecular formula is C24H32O9. The van der Waals surface area contributed by atoms with Crippen LogP contribution >= 0.6 is 0 Å². The van der Waals surface area contributed by atoms with Crippen LogP contribution in [-0.2, 0) is 11.2 Å². The topological polar surface area (TPSA) is 138 Å². The van der Waals surface area contributed by atoms with Crippen LogP contribution in [0, 0.1) is 5.92 Å². The summed E-state index contributed by atoms with van der Waals surface area (Å²) in [6, 6.07) is 8.24. The van der Waals surface area contributed by atoms with Crippen molar-refractivity contribution in [1.29, 1.82) is 0 Å². The normalized spacial score (nSPS) is 22.7. The second-order valence-corrected chi connectivity index (χ2v) is 8.05. The van der Waals surface area contributed by atoms with Crippen molar-refractivity contribution < 1.29 is 44.5 Å². The predicted octanol–water partition coefficient (Wildman–Crippen LogP) is 2.27. The lowest BCUT2D eigenvalue weighted by molar-refractivity contribution is -0.144. The van der Waals surface area contributed by atoms with Crippen LogP contribution in [0.15, 0.2) is 30.3 Å². The van der Waals surface area contributed by atoms with E-state index in [1.165, 1.54) is 20.3 Å². The highest BCUT2D eigenvalue weighted by atomic mass is 16.6. The molecule has 9 heteroatoms. The minimum atomic E-state index is -0.695. The molecule has 1 fully saturated rings. The van der Waals surface area contributed by atoms with Gasteiger partial charge in [-0.1, -0.05) is 6.07 Å². The monoisotopic (exact) mass is 464 g/mol. The molecule has 3 rings (SSSR count). The second kappa shape index (κ2) is 11.4. The SMILES string of the molecule is COc1cc([C@H]2O[C@@H](CCc3ccc(O)c(OCO)c3)C[C@H](O)[C@@H]2CCO)cc(OC)c1O. The summed E-state index contributed by atoms with van der Waals surface area (Å²) in [7, 11) is 2.88. The van der Waals surface area contributed by atoms with Crippen molar-refractivity contribution in [3.05, 3.63) is 41.5 Å². The molecule has 5 N–H and O–H groups in total. The Labute approximate surface area is 192 Å². The molecule has 0 spiro atoms. The lowest BCUT2D eigenvalue weighted by Gasteiger charge is -2.40. The predicted molar refractivity (Wildman–Crippen MR) is 119 cm³/mol. The van der Waals surface area contributed by atoms with E-state index in [0.717, 1.165) is 5.56 Å². The van der Waals surface area contributed by atoms with Crippen LogP contribution in [0.4, 0.5) is 0 Å². The molecule has 9 nitrogen and oxygen atoms in total. The number of aryl methyl sites for hydroxylation is 1. The molecule has 1 heterocycles. The molecule has 0 unspecified atom stereocenters. The molecule has 4 atom stereocenters. The van der Waals surface area contributed by atoms with Gasteiger partial charge in [0.1, 0.15) is 0 Å². The summed E-state index contributed by atoms with van der Waals surface area (Å²) in [6.45, 7) is -0.637. The van der Waals surface area contributed by atoms with E-state index in [1.807, 2.05) is 0 Å². The number of benzene rings is 2. The van der Waals surface area contributed by atoms with Crippen LogP contribution in [0.25, 0.3) is 0 Å². The van der Waals surface area contributed by atoms with E-state index >= 15 is 0 Å². The maximum absolute atomic E-state index is 10.9. The van der Waals surface area contributed by atoms with E-state index in [1.54, 1.807) is 24.3 Å². The molecule has 0 aromatic heterocycles. The number of phenols is 2. The number of hydrogen-bond donors (Lipinski definition) is 5. The minimum absolute atomic E-state index is 0.0562. The quantitative estimate of drug-likeness (QED) is 0.335. The van der Waals surface area contributed by atoms with E-state index in [4.69, 9.17) is 24.1 Å². The summed E-state index contributed by atoms with van der Waals surface area (Å²) in [5.74, 6) is 0.135. The lowest BCUT2D eigenvalue weighted by Crippen LogP contribution is -2.40. The number of aliphatic hydroxyl groups is 3. The summed E-state index contributed by atoms with van der Waals surface area (Å²) in [4.78, 5) is 0. The summed E-state index contributed by atoms with van der Waals surface area (Å²) in [5, 5.41) is 49.4. The van der Waals surface area contributed by atoms with Crippen molar-refractivity contribution in [2.75, 3.05) is 27.6 Å². The smallest absolute Gasteiger partial charge is 0.200 e. The molecule has 33 heavy (non-hydrogen) atoms. The fraction of sp³-hybridized carbons (Fsp3) is 0.500. The lowest BCUT2D eigenvalue weighted by atomic mass is 9.82. The highest BCUT2D eigenvalue weighted by molar-refractivity contribution is 5.53. The van der Waals surface area contributed by atoms with Gasteiger partial charge in [-0.3, -0.25) is 0 Å². The maximum atomic E-state index is 10.9. The van der Waals surface area contributed by atoms with Gasteiger partial charge >= 0.3 is 0 Å². The summed E-state index contributed by atoms with van der Waals surface area (Å²) >= 11 is 0. The van der Waals surface area contributed by atoms with Crippen molar-refractivity contribution in [2.45, 2.75) is 44.0 Å². The Morgan fingerprint density at radius 2 is 1.67 bits per heavy atom. The van der Waals surface area contributed by atoms with E-state index in [0.29, 0.717) is 31.2 Å². The zero-order chi connectivity index (χ0) is 24.0. The van der Waals surface area contributed by atoms with Crippen LogP contribution in [0.2, 0.25) is 0 Å². The summed E-state index contributed by atoms with van der Waals surface area (Å²) < 4.78 is 21.9. The minimum Gasteiger partial charge on any atom is -0.504 e. The van der Waals surface area contributed by atoms with Crippen LogP contribution in [-0.4, -0.2) is 65.4 Å². The number of phenolic OH excluding ortho intramolecular Hbond substituents is 2. The highest BCUT2D eigenvalue weighted by Gasteiger charge is 2.39. The Hall–Kier alpha value is -2.72. The molecule has 1 aliphatic heterocycles. The van der Waals surface area contributed by atoms with Crippen LogP contribution in [0.5, 0.6) is 28.7 Å². The molecule has 0 aliphatic carbocycles. The van der Waals surface area contributed by atoms with Crippen molar-refractivity contribution in [3.63, 3.8) is 0 Å². The molecule has 0 amide bonds. The van der Waals surface area contributed by atoms with Crippen LogP contribution in [0.3, 0.4) is 0 Å². The fourth-order valence-corrected chi connectivity index (χ4v) is 4.32. The van der Waals surface area contributed by atoms with Gasteiger partial charge in [-0.25, -0.2) is 0 Å². The number of ether oxygens (including phenoxy) is 4. The molecule has 182 valence electrons. The zero-order valence-corrected chi connectivity index (χ0v) is 18.8. The van der Waals surface area contributed by atoms with E-state index < -0.39 is 19.0 Å². The van der Waals surface area contributed by atoms with Gasteiger partial charge in [0.15, 0.2) is 29.8 Å². The Balaban J connectivity index is 1.81. The Morgan fingerprint density at radius 3 is 2.27 bits per heavy atom. The summed E-state index contributed by atoms with van der Waals surface area (Å²) in [5.41, 5.74) is 1.56. The average molecular weight is 465 g/mol. The van der Waals surface area contributed by atoms with Gasteiger partial charge in [0, 0.05) is 12.5 Å². The van der Waals surface area contributed by atoms with Crippen LogP contribution < -0.4 is 14.2 Å².